The van der Waals surface area contributed by atoms with Crippen LogP contribution in [0.3, 0.4) is 0 Å². The van der Waals surface area contributed by atoms with Crippen molar-refractivity contribution in [1.29, 1.82) is 0 Å². The molecule has 0 fully saturated rings. The number of aryl methyl sites for hydroxylation is 1. The minimum absolute atomic E-state index is 0.611. The minimum atomic E-state index is 0.611. The van der Waals surface area contributed by atoms with Crippen molar-refractivity contribution in [2.45, 2.75) is 13.8 Å². The molecule has 5 aromatic rings. The highest BCUT2D eigenvalue weighted by Crippen LogP contribution is 2.29. The topological polar surface area (TPSA) is 76.9 Å². The lowest BCUT2D eigenvalue weighted by Crippen LogP contribution is -2.07. The van der Waals surface area contributed by atoms with Gasteiger partial charge in [-0.25, -0.2) is 14.6 Å². The van der Waals surface area contributed by atoms with E-state index in [9.17, 15) is 0 Å². The standard InChI is InChI=1S/C26H24N6O/c1-3-33-21-15-13-19(14-16-21)27-25-26(29-23-12-8-7-11-22(23)28-25)30-24-17-18(2)31-32(24)20-9-5-4-6-10-20/h4-17H,3H2,1-2H3,(H,27,28)(H,29,30). The molecule has 0 saturated carbocycles. The first-order chi connectivity index (χ1) is 16.2. The highest BCUT2D eigenvalue weighted by molar-refractivity contribution is 5.83. The first-order valence-electron chi connectivity index (χ1n) is 10.9. The second kappa shape index (κ2) is 9.00. The molecule has 0 aliphatic carbocycles. The fourth-order valence-electron chi connectivity index (χ4n) is 3.59. The number of hydrogen-bond acceptors (Lipinski definition) is 6. The largest absolute Gasteiger partial charge is 0.494 e. The Morgan fingerprint density at radius 3 is 2.09 bits per heavy atom. The van der Waals surface area contributed by atoms with E-state index in [2.05, 4.69) is 15.7 Å². The zero-order valence-electron chi connectivity index (χ0n) is 18.5. The Labute approximate surface area is 192 Å². The van der Waals surface area contributed by atoms with Crippen LogP contribution >= 0.6 is 0 Å². The Morgan fingerprint density at radius 2 is 1.42 bits per heavy atom. The van der Waals surface area contributed by atoms with E-state index in [0.717, 1.165) is 39.7 Å². The number of benzene rings is 3. The zero-order chi connectivity index (χ0) is 22.6. The molecule has 0 atom stereocenters. The first-order valence-corrected chi connectivity index (χ1v) is 10.9. The number of rotatable bonds is 7. The molecule has 2 heterocycles. The molecule has 0 radical (unpaired) electrons. The maximum Gasteiger partial charge on any atom is 0.175 e. The predicted octanol–water partition coefficient (Wildman–Crippen LogP) is 6.01. The smallest absolute Gasteiger partial charge is 0.175 e. The second-order valence-electron chi connectivity index (χ2n) is 7.54. The summed E-state index contributed by atoms with van der Waals surface area (Å²) in [5.74, 6) is 2.86. The van der Waals surface area contributed by atoms with E-state index in [0.29, 0.717) is 18.2 Å². The SMILES string of the molecule is CCOc1ccc(Nc2nc3ccccc3nc2Nc2cc(C)nn2-c2ccccc2)cc1. The minimum Gasteiger partial charge on any atom is -0.494 e. The lowest BCUT2D eigenvalue weighted by molar-refractivity contribution is 0.340. The number of ether oxygens (including phenoxy) is 1. The molecule has 0 aliphatic heterocycles. The van der Waals surface area contributed by atoms with Crippen molar-refractivity contribution in [1.82, 2.24) is 19.7 Å². The van der Waals surface area contributed by atoms with Gasteiger partial charge in [0.15, 0.2) is 11.6 Å². The summed E-state index contributed by atoms with van der Waals surface area (Å²) in [7, 11) is 0. The summed E-state index contributed by atoms with van der Waals surface area (Å²) >= 11 is 0. The molecule has 3 aromatic carbocycles. The molecule has 5 rings (SSSR count). The van der Waals surface area contributed by atoms with Gasteiger partial charge in [-0.15, -0.1) is 0 Å². The summed E-state index contributed by atoms with van der Waals surface area (Å²) < 4.78 is 7.42. The third kappa shape index (κ3) is 4.48. The van der Waals surface area contributed by atoms with E-state index < -0.39 is 0 Å². The van der Waals surface area contributed by atoms with Crippen LogP contribution in [0.4, 0.5) is 23.1 Å². The molecule has 7 heteroatoms. The average Bonchev–Trinajstić information content (AvgIpc) is 3.21. The van der Waals surface area contributed by atoms with Crippen LogP contribution in [0, 0.1) is 6.92 Å². The second-order valence-corrected chi connectivity index (χ2v) is 7.54. The Morgan fingerprint density at radius 1 is 0.788 bits per heavy atom. The van der Waals surface area contributed by atoms with Crippen LogP contribution < -0.4 is 15.4 Å². The summed E-state index contributed by atoms with van der Waals surface area (Å²) in [6.45, 7) is 4.57. The van der Waals surface area contributed by atoms with Gasteiger partial charge in [-0.3, -0.25) is 0 Å². The molecular weight excluding hydrogens is 412 g/mol. The summed E-state index contributed by atoms with van der Waals surface area (Å²) in [6.07, 6.45) is 0. The van der Waals surface area contributed by atoms with Crippen molar-refractivity contribution >= 4 is 34.2 Å². The van der Waals surface area contributed by atoms with Crippen molar-refractivity contribution in [2.24, 2.45) is 0 Å². The van der Waals surface area contributed by atoms with Crippen LogP contribution in [-0.4, -0.2) is 26.4 Å². The van der Waals surface area contributed by atoms with Crippen LogP contribution in [0.25, 0.3) is 16.7 Å². The van der Waals surface area contributed by atoms with Crippen LogP contribution in [0.2, 0.25) is 0 Å². The molecule has 0 unspecified atom stereocenters. The van der Waals surface area contributed by atoms with E-state index >= 15 is 0 Å². The van der Waals surface area contributed by atoms with E-state index in [1.807, 2.05) is 103 Å². The van der Waals surface area contributed by atoms with E-state index in [-0.39, 0.29) is 0 Å². The zero-order valence-corrected chi connectivity index (χ0v) is 18.5. The highest BCUT2D eigenvalue weighted by atomic mass is 16.5. The highest BCUT2D eigenvalue weighted by Gasteiger charge is 2.14. The van der Waals surface area contributed by atoms with Gasteiger partial charge in [-0.2, -0.15) is 5.10 Å². The molecular formula is C26H24N6O. The van der Waals surface area contributed by atoms with Crippen LogP contribution in [0.5, 0.6) is 5.75 Å². The molecule has 2 aromatic heterocycles. The molecule has 164 valence electrons. The summed E-state index contributed by atoms with van der Waals surface area (Å²) in [4.78, 5) is 9.69. The molecule has 0 amide bonds. The first kappa shape index (κ1) is 20.5. The van der Waals surface area contributed by atoms with E-state index in [1.165, 1.54) is 0 Å². The van der Waals surface area contributed by atoms with Gasteiger partial charge in [-0.1, -0.05) is 30.3 Å². The van der Waals surface area contributed by atoms with Crippen molar-refractivity contribution in [3.05, 3.63) is 90.6 Å². The number of para-hydroxylation sites is 3. The van der Waals surface area contributed by atoms with Crippen molar-refractivity contribution in [3.8, 4) is 11.4 Å². The summed E-state index contributed by atoms with van der Waals surface area (Å²) in [6, 6.07) is 27.6. The average molecular weight is 437 g/mol. The number of anilines is 4. The van der Waals surface area contributed by atoms with Crippen LogP contribution in [0.15, 0.2) is 84.9 Å². The lowest BCUT2D eigenvalue weighted by atomic mass is 10.3. The third-order valence-corrected chi connectivity index (χ3v) is 5.08. The maximum atomic E-state index is 5.55. The molecule has 0 spiro atoms. The number of aromatic nitrogens is 4. The van der Waals surface area contributed by atoms with Crippen molar-refractivity contribution in [2.75, 3.05) is 17.2 Å². The monoisotopic (exact) mass is 436 g/mol. The fraction of sp³-hybridized carbons (Fsp3) is 0.115. The van der Waals surface area contributed by atoms with Gasteiger partial charge in [0.1, 0.15) is 11.6 Å². The molecule has 0 aliphatic rings. The number of hydrogen-bond donors (Lipinski definition) is 2. The number of nitrogens with one attached hydrogen (secondary N) is 2. The Kier molecular flexibility index (Phi) is 5.59. The summed E-state index contributed by atoms with van der Waals surface area (Å²) in [5, 5.41) is 11.5. The lowest BCUT2D eigenvalue weighted by Gasteiger charge is -2.15. The van der Waals surface area contributed by atoms with E-state index in [4.69, 9.17) is 14.7 Å². The van der Waals surface area contributed by atoms with Gasteiger partial charge in [-0.05, 0) is 62.4 Å². The number of fused-ring (bicyclic) bond motifs is 1. The van der Waals surface area contributed by atoms with Gasteiger partial charge >= 0.3 is 0 Å². The van der Waals surface area contributed by atoms with Gasteiger partial charge in [0.25, 0.3) is 0 Å². The van der Waals surface area contributed by atoms with Gasteiger partial charge < -0.3 is 15.4 Å². The van der Waals surface area contributed by atoms with Gasteiger partial charge in [0.2, 0.25) is 0 Å². The van der Waals surface area contributed by atoms with Crippen LogP contribution in [0.1, 0.15) is 12.6 Å². The van der Waals surface area contributed by atoms with Crippen molar-refractivity contribution in [3.63, 3.8) is 0 Å². The normalized spacial score (nSPS) is 10.8. The van der Waals surface area contributed by atoms with Gasteiger partial charge in [0.05, 0.1) is 29.0 Å². The fourth-order valence-corrected chi connectivity index (χ4v) is 3.59. The number of nitrogens with zero attached hydrogens (tertiary/aromatic N) is 4. The molecule has 7 nitrogen and oxygen atoms in total. The quantitative estimate of drug-likeness (QED) is 0.325. The maximum absolute atomic E-state index is 5.55. The molecule has 0 bridgehead atoms. The van der Waals surface area contributed by atoms with Gasteiger partial charge in [0, 0.05) is 11.8 Å². The van der Waals surface area contributed by atoms with Crippen molar-refractivity contribution < 1.29 is 4.74 Å². The predicted molar refractivity (Wildman–Crippen MR) is 132 cm³/mol. The summed E-state index contributed by atoms with van der Waals surface area (Å²) in [5.41, 5.74) is 4.36. The molecule has 0 saturated heterocycles. The molecule has 2 N–H and O–H groups in total. The third-order valence-electron chi connectivity index (χ3n) is 5.08. The molecule has 33 heavy (non-hydrogen) atoms. The Balaban J connectivity index is 1.54. The van der Waals surface area contributed by atoms with Crippen LogP contribution in [-0.2, 0) is 0 Å². The van der Waals surface area contributed by atoms with E-state index in [1.54, 1.807) is 0 Å². The Hall–Kier alpha value is -4.39. The Bertz CT molecular complexity index is 1380.